The molecule has 0 radical (unpaired) electrons. The van der Waals surface area contributed by atoms with Crippen LogP contribution in [0.2, 0.25) is 0 Å². The van der Waals surface area contributed by atoms with Crippen LogP contribution in [0.1, 0.15) is 96.9 Å². The Morgan fingerprint density at radius 2 is 0.833 bits per heavy atom. The Morgan fingerprint density at radius 1 is 0.567 bits per heavy atom. The van der Waals surface area contributed by atoms with Gasteiger partial charge in [0.2, 0.25) is 0 Å². The van der Waals surface area contributed by atoms with E-state index < -0.39 is 11.1 Å². The highest BCUT2D eigenvalue weighted by Crippen LogP contribution is 2.48. The van der Waals surface area contributed by atoms with E-state index in [0.717, 1.165) is 38.5 Å². The van der Waals surface area contributed by atoms with Crippen LogP contribution in [0.4, 0.5) is 0 Å². The third-order valence-corrected chi connectivity index (χ3v) is 6.89. The van der Waals surface area contributed by atoms with Crippen LogP contribution in [0.25, 0.3) is 0 Å². The summed E-state index contributed by atoms with van der Waals surface area (Å²) in [6.07, 6.45) is 6.14. The molecule has 2 aromatic carbocycles. The van der Waals surface area contributed by atoms with Crippen LogP contribution in [0.3, 0.4) is 0 Å². The largest absolute Gasteiger partial charge is 0.320 e. The maximum Gasteiger partial charge on any atom is 0.0639 e. The number of unbranched alkanes of at least 4 members (excludes halogenated alkanes) is 2. The Bertz CT molecular complexity index is 763. The first-order chi connectivity index (χ1) is 14.0. The van der Waals surface area contributed by atoms with E-state index in [4.69, 9.17) is 11.5 Å². The molecule has 0 aliphatic rings. The van der Waals surface area contributed by atoms with Crippen molar-refractivity contribution in [1.82, 2.24) is 0 Å². The van der Waals surface area contributed by atoms with Gasteiger partial charge < -0.3 is 11.5 Å². The quantitative estimate of drug-likeness (QED) is 0.473. The Labute approximate surface area is 185 Å². The van der Waals surface area contributed by atoms with E-state index in [9.17, 15) is 0 Å². The van der Waals surface area contributed by atoms with E-state index in [2.05, 4.69) is 79.7 Å². The van der Waals surface area contributed by atoms with Crippen molar-refractivity contribution in [3.05, 3.63) is 68.8 Å². The van der Waals surface area contributed by atoms with Gasteiger partial charge in [-0.15, -0.1) is 0 Å². The summed E-state index contributed by atoms with van der Waals surface area (Å²) in [5, 5.41) is 0. The van der Waals surface area contributed by atoms with Crippen LogP contribution in [0, 0.1) is 41.5 Å². The minimum Gasteiger partial charge on any atom is -0.320 e. The molecule has 2 rings (SSSR count). The lowest BCUT2D eigenvalue weighted by atomic mass is 9.61. The predicted molar refractivity (Wildman–Crippen MR) is 132 cm³/mol. The first-order valence-electron chi connectivity index (χ1n) is 11.8. The molecule has 0 saturated heterocycles. The first-order valence-corrected chi connectivity index (χ1v) is 11.8. The third-order valence-electron chi connectivity index (χ3n) is 6.89. The molecule has 2 atom stereocenters. The van der Waals surface area contributed by atoms with Crippen LogP contribution >= 0.6 is 0 Å². The van der Waals surface area contributed by atoms with E-state index >= 15 is 0 Å². The van der Waals surface area contributed by atoms with Crippen LogP contribution in [0.5, 0.6) is 0 Å². The number of benzene rings is 2. The lowest BCUT2D eigenvalue weighted by molar-refractivity contribution is 0.179. The summed E-state index contributed by atoms with van der Waals surface area (Å²) >= 11 is 0. The molecule has 2 nitrogen and oxygen atoms in total. The van der Waals surface area contributed by atoms with Crippen LogP contribution < -0.4 is 11.5 Å². The van der Waals surface area contributed by atoms with Gasteiger partial charge in [0.1, 0.15) is 0 Å². The second-order valence-corrected chi connectivity index (χ2v) is 9.70. The smallest absolute Gasteiger partial charge is 0.0639 e. The van der Waals surface area contributed by atoms with Gasteiger partial charge in [0, 0.05) is 0 Å². The summed E-state index contributed by atoms with van der Waals surface area (Å²) in [6, 6.07) is 9.08. The lowest BCUT2D eigenvalue weighted by Gasteiger charge is -2.50. The molecule has 0 heterocycles. The standard InChI is InChI=1S/C28H44N2/c1-9-11-13-27(29,25-21(5)15-19(3)16-22(25)6)28(30,14-12-10-2)26-23(7)17-20(4)18-24(26)8/h15-18H,9-14,29-30H2,1-8H3. The molecule has 0 aliphatic heterocycles. The van der Waals surface area contributed by atoms with Crippen LogP contribution in [-0.4, -0.2) is 0 Å². The second kappa shape index (κ2) is 9.66. The highest BCUT2D eigenvalue weighted by molar-refractivity contribution is 5.51. The molecule has 0 aromatic heterocycles. The van der Waals surface area contributed by atoms with Gasteiger partial charge in [0.15, 0.2) is 0 Å². The molecule has 0 fully saturated rings. The Balaban J connectivity index is 2.89. The molecule has 30 heavy (non-hydrogen) atoms. The van der Waals surface area contributed by atoms with Crippen molar-refractivity contribution in [3.63, 3.8) is 0 Å². The summed E-state index contributed by atoms with van der Waals surface area (Å²) in [4.78, 5) is 0. The van der Waals surface area contributed by atoms with Crippen LogP contribution in [0.15, 0.2) is 24.3 Å². The highest BCUT2D eigenvalue weighted by Gasteiger charge is 2.50. The number of hydrogen-bond donors (Lipinski definition) is 2. The van der Waals surface area contributed by atoms with Gasteiger partial charge in [-0.3, -0.25) is 0 Å². The fourth-order valence-corrected chi connectivity index (χ4v) is 5.82. The normalized spacial score (nSPS) is 15.7. The minimum absolute atomic E-state index is 0.620. The fraction of sp³-hybridized carbons (Fsp3) is 0.571. The van der Waals surface area contributed by atoms with Gasteiger partial charge in [-0.2, -0.15) is 0 Å². The van der Waals surface area contributed by atoms with E-state index in [1.165, 1.54) is 44.5 Å². The zero-order valence-corrected chi connectivity index (χ0v) is 20.7. The molecular weight excluding hydrogens is 364 g/mol. The molecule has 2 heteroatoms. The van der Waals surface area contributed by atoms with Gasteiger partial charge in [-0.25, -0.2) is 0 Å². The summed E-state index contributed by atoms with van der Waals surface area (Å²) in [5.41, 5.74) is 24.0. The molecule has 2 aromatic rings. The Hall–Kier alpha value is -1.64. The zero-order valence-electron chi connectivity index (χ0n) is 20.7. The molecular formula is C28H44N2. The summed E-state index contributed by atoms with van der Waals surface area (Å²) < 4.78 is 0. The van der Waals surface area contributed by atoms with Crippen molar-refractivity contribution >= 4 is 0 Å². The van der Waals surface area contributed by atoms with E-state index in [1.807, 2.05) is 0 Å². The van der Waals surface area contributed by atoms with Gasteiger partial charge in [-0.1, -0.05) is 74.9 Å². The van der Waals surface area contributed by atoms with Crippen molar-refractivity contribution in [2.75, 3.05) is 0 Å². The third kappa shape index (κ3) is 4.50. The fourth-order valence-electron chi connectivity index (χ4n) is 5.82. The molecule has 0 bridgehead atoms. The second-order valence-electron chi connectivity index (χ2n) is 9.70. The molecule has 0 spiro atoms. The number of nitrogens with two attached hydrogens (primary N) is 2. The molecule has 0 saturated carbocycles. The molecule has 0 aliphatic carbocycles. The number of rotatable bonds is 9. The summed E-state index contributed by atoms with van der Waals surface area (Å²) in [6.45, 7) is 17.6. The first kappa shape index (κ1) is 24.6. The van der Waals surface area contributed by atoms with Gasteiger partial charge in [0.05, 0.1) is 11.1 Å². The molecule has 4 N–H and O–H groups in total. The molecule has 166 valence electrons. The van der Waals surface area contributed by atoms with E-state index in [1.54, 1.807) is 0 Å². The van der Waals surface area contributed by atoms with Crippen LogP contribution in [-0.2, 0) is 11.1 Å². The Kier molecular flexibility index (Phi) is 7.93. The van der Waals surface area contributed by atoms with Gasteiger partial charge in [-0.05, 0) is 87.8 Å². The maximum absolute atomic E-state index is 7.56. The van der Waals surface area contributed by atoms with Crippen molar-refractivity contribution in [3.8, 4) is 0 Å². The minimum atomic E-state index is -0.620. The number of aryl methyl sites for hydroxylation is 6. The maximum atomic E-state index is 7.56. The average Bonchev–Trinajstić information content (AvgIpc) is 2.62. The van der Waals surface area contributed by atoms with E-state index in [0.29, 0.717) is 0 Å². The topological polar surface area (TPSA) is 52.0 Å². The van der Waals surface area contributed by atoms with Crippen molar-refractivity contribution in [1.29, 1.82) is 0 Å². The zero-order chi connectivity index (χ0) is 22.7. The van der Waals surface area contributed by atoms with Crippen molar-refractivity contribution < 1.29 is 0 Å². The highest BCUT2D eigenvalue weighted by atomic mass is 14.9. The molecule has 2 unspecified atom stereocenters. The predicted octanol–water partition coefficient (Wildman–Crippen LogP) is 6.93. The number of hydrogen-bond acceptors (Lipinski definition) is 2. The van der Waals surface area contributed by atoms with Gasteiger partial charge >= 0.3 is 0 Å². The Morgan fingerprint density at radius 3 is 1.07 bits per heavy atom. The summed E-state index contributed by atoms with van der Waals surface area (Å²) in [7, 11) is 0. The molecule has 0 amide bonds. The SMILES string of the molecule is CCCCC(N)(c1c(C)cc(C)cc1C)C(N)(CCCC)c1c(C)cc(C)cc1C. The van der Waals surface area contributed by atoms with Crippen molar-refractivity contribution in [2.24, 2.45) is 11.5 Å². The van der Waals surface area contributed by atoms with Crippen molar-refractivity contribution in [2.45, 2.75) is 105 Å². The van der Waals surface area contributed by atoms with E-state index in [-0.39, 0.29) is 0 Å². The summed E-state index contributed by atoms with van der Waals surface area (Å²) in [5.74, 6) is 0. The van der Waals surface area contributed by atoms with Gasteiger partial charge in [0.25, 0.3) is 0 Å². The average molecular weight is 409 g/mol. The monoisotopic (exact) mass is 408 g/mol. The lowest BCUT2D eigenvalue weighted by Crippen LogP contribution is -2.62.